The van der Waals surface area contributed by atoms with Crippen LogP contribution in [0, 0.1) is 11.8 Å². The standard InChI is InChI=1S/C18H26N2O/c1-12-6-5-9-16(13(12)2)20-18(21)10-14-11-19-17-8-4-3-7-15(14)17/h3-4,7-8,12-14,16,19H,5-6,9-11H2,1-2H3,(H,20,21). The van der Waals surface area contributed by atoms with E-state index in [0.717, 1.165) is 18.9 Å². The van der Waals surface area contributed by atoms with Crippen molar-refractivity contribution in [3.63, 3.8) is 0 Å². The summed E-state index contributed by atoms with van der Waals surface area (Å²) in [7, 11) is 0. The number of fused-ring (bicyclic) bond motifs is 1. The number of para-hydroxylation sites is 1. The van der Waals surface area contributed by atoms with Gasteiger partial charge in [-0.1, -0.05) is 44.9 Å². The lowest BCUT2D eigenvalue weighted by atomic mass is 9.78. The Bertz CT molecular complexity index is 514. The Hall–Kier alpha value is -1.51. The molecule has 0 aromatic heterocycles. The third kappa shape index (κ3) is 3.07. The Kier molecular flexibility index (Phi) is 4.18. The Balaban J connectivity index is 1.58. The molecule has 1 aromatic rings. The monoisotopic (exact) mass is 286 g/mol. The first kappa shape index (κ1) is 14.4. The van der Waals surface area contributed by atoms with E-state index in [1.165, 1.54) is 24.1 Å². The predicted molar refractivity (Wildman–Crippen MR) is 86.4 cm³/mol. The molecule has 1 amide bonds. The van der Waals surface area contributed by atoms with Gasteiger partial charge in [0.25, 0.3) is 0 Å². The minimum absolute atomic E-state index is 0.212. The molecule has 0 spiro atoms. The maximum absolute atomic E-state index is 12.4. The zero-order chi connectivity index (χ0) is 14.8. The molecule has 1 aliphatic carbocycles. The van der Waals surface area contributed by atoms with Gasteiger partial charge < -0.3 is 10.6 Å². The van der Waals surface area contributed by atoms with Crippen molar-refractivity contribution in [3.8, 4) is 0 Å². The van der Waals surface area contributed by atoms with Crippen LogP contribution in [-0.4, -0.2) is 18.5 Å². The molecule has 1 aliphatic heterocycles. The molecule has 3 rings (SSSR count). The first-order valence-electron chi connectivity index (χ1n) is 8.27. The van der Waals surface area contributed by atoms with Crippen molar-refractivity contribution in [2.24, 2.45) is 11.8 Å². The van der Waals surface area contributed by atoms with Crippen molar-refractivity contribution >= 4 is 11.6 Å². The fraction of sp³-hybridized carbons (Fsp3) is 0.611. The van der Waals surface area contributed by atoms with Crippen molar-refractivity contribution in [3.05, 3.63) is 29.8 Å². The smallest absolute Gasteiger partial charge is 0.220 e. The Morgan fingerprint density at radius 2 is 2.10 bits per heavy atom. The van der Waals surface area contributed by atoms with Crippen LogP contribution in [0.5, 0.6) is 0 Å². The highest BCUT2D eigenvalue weighted by molar-refractivity contribution is 5.78. The van der Waals surface area contributed by atoms with E-state index in [4.69, 9.17) is 0 Å². The quantitative estimate of drug-likeness (QED) is 0.892. The molecule has 114 valence electrons. The first-order valence-corrected chi connectivity index (χ1v) is 8.27. The largest absolute Gasteiger partial charge is 0.384 e. The highest BCUT2D eigenvalue weighted by Gasteiger charge is 2.30. The lowest BCUT2D eigenvalue weighted by molar-refractivity contribution is -0.122. The third-order valence-corrected chi connectivity index (χ3v) is 5.42. The van der Waals surface area contributed by atoms with E-state index in [9.17, 15) is 4.79 Å². The number of hydrogen-bond donors (Lipinski definition) is 2. The van der Waals surface area contributed by atoms with Crippen molar-refractivity contribution < 1.29 is 4.79 Å². The van der Waals surface area contributed by atoms with Gasteiger partial charge in [-0.15, -0.1) is 0 Å². The van der Waals surface area contributed by atoms with Crippen LogP contribution in [0.2, 0.25) is 0 Å². The summed E-state index contributed by atoms with van der Waals surface area (Å²) in [6, 6.07) is 8.70. The predicted octanol–water partition coefficient (Wildman–Crippen LogP) is 3.53. The Morgan fingerprint density at radius 1 is 1.29 bits per heavy atom. The normalized spacial score (nSPS) is 31.3. The minimum atomic E-state index is 0.212. The second kappa shape index (κ2) is 6.08. The molecule has 2 aliphatic rings. The van der Waals surface area contributed by atoms with Gasteiger partial charge in [0, 0.05) is 30.6 Å². The van der Waals surface area contributed by atoms with Crippen LogP contribution in [0.3, 0.4) is 0 Å². The van der Waals surface area contributed by atoms with Gasteiger partial charge in [0.1, 0.15) is 0 Å². The van der Waals surface area contributed by atoms with Gasteiger partial charge in [-0.05, 0) is 29.9 Å². The lowest BCUT2D eigenvalue weighted by Gasteiger charge is -2.34. The van der Waals surface area contributed by atoms with Crippen LogP contribution < -0.4 is 10.6 Å². The summed E-state index contributed by atoms with van der Waals surface area (Å²) in [6.07, 6.45) is 4.27. The zero-order valence-electron chi connectivity index (χ0n) is 13.1. The van der Waals surface area contributed by atoms with Crippen molar-refractivity contribution in [2.75, 3.05) is 11.9 Å². The van der Waals surface area contributed by atoms with Gasteiger partial charge in [-0.25, -0.2) is 0 Å². The molecule has 1 saturated carbocycles. The van der Waals surface area contributed by atoms with Gasteiger partial charge in [-0.2, -0.15) is 0 Å². The van der Waals surface area contributed by atoms with Gasteiger partial charge in [-0.3, -0.25) is 4.79 Å². The third-order valence-electron chi connectivity index (χ3n) is 5.42. The van der Waals surface area contributed by atoms with Crippen molar-refractivity contribution in [1.29, 1.82) is 0 Å². The number of rotatable bonds is 3. The Labute approximate surface area is 127 Å². The fourth-order valence-corrected chi connectivity index (χ4v) is 3.81. The maximum Gasteiger partial charge on any atom is 0.220 e. The molecular weight excluding hydrogens is 260 g/mol. The fourth-order valence-electron chi connectivity index (χ4n) is 3.81. The summed E-state index contributed by atoms with van der Waals surface area (Å²) >= 11 is 0. The number of anilines is 1. The van der Waals surface area contributed by atoms with E-state index < -0.39 is 0 Å². The van der Waals surface area contributed by atoms with Crippen LogP contribution in [-0.2, 0) is 4.79 Å². The van der Waals surface area contributed by atoms with Crippen LogP contribution in [0.15, 0.2) is 24.3 Å². The highest BCUT2D eigenvalue weighted by atomic mass is 16.1. The molecule has 21 heavy (non-hydrogen) atoms. The molecule has 2 N–H and O–H groups in total. The molecule has 3 heteroatoms. The first-order chi connectivity index (χ1) is 10.1. The number of amides is 1. The SMILES string of the molecule is CC1CCCC(NC(=O)CC2CNc3ccccc32)C1C. The second-order valence-corrected chi connectivity index (χ2v) is 6.81. The van der Waals surface area contributed by atoms with Gasteiger partial charge in [0.05, 0.1) is 0 Å². The van der Waals surface area contributed by atoms with E-state index in [0.29, 0.717) is 24.3 Å². The molecule has 1 heterocycles. The summed E-state index contributed by atoms with van der Waals surface area (Å²) < 4.78 is 0. The van der Waals surface area contributed by atoms with Crippen molar-refractivity contribution in [2.45, 2.75) is 51.5 Å². The van der Waals surface area contributed by atoms with Crippen molar-refractivity contribution in [1.82, 2.24) is 5.32 Å². The van der Waals surface area contributed by atoms with Gasteiger partial charge in [0.15, 0.2) is 0 Å². The van der Waals surface area contributed by atoms with Crippen LogP contribution in [0.25, 0.3) is 0 Å². The summed E-state index contributed by atoms with van der Waals surface area (Å²) in [6.45, 7) is 5.46. The van der Waals surface area contributed by atoms with Crippen LogP contribution >= 0.6 is 0 Å². The zero-order valence-corrected chi connectivity index (χ0v) is 13.1. The van der Waals surface area contributed by atoms with E-state index >= 15 is 0 Å². The summed E-state index contributed by atoms with van der Waals surface area (Å²) in [5, 5.41) is 6.69. The molecule has 0 bridgehead atoms. The number of nitrogens with one attached hydrogen (secondary N) is 2. The van der Waals surface area contributed by atoms with E-state index in [1.807, 2.05) is 6.07 Å². The maximum atomic E-state index is 12.4. The number of benzene rings is 1. The average molecular weight is 286 g/mol. The molecule has 1 aromatic carbocycles. The summed E-state index contributed by atoms with van der Waals surface area (Å²) in [4.78, 5) is 12.4. The molecule has 4 atom stereocenters. The van der Waals surface area contributed by atoms with E-state index in [2.05, 4.69) is 42.7 Å². The van der Waals surface area contributed by atoms with Gasteiger partial charge in [0.2, 0.25) is 5.91 Å². The molecule has 1 fully saturated rings. The average Bonchev–Trinajstić information content (AvgIpc) is 2.87. The Morgan fingerprint density at radius 3 is 2.95 bits per heavy atom. The molecular formula is C18H26N2O. The second-order valence-electron chi connectivity index (χ2n) is 6.81. The van der Waals surface area contributed by atoms with E-state index in [-0.39, 0.29) is 5.91 Å². The van der Waals surface area contributed by atoms with Gasteiger partial charge >= 0.3 is 0 Å². The lowest BCUT2D eigenvalue weighted by Crippen LogP contribution is -2.44. The van der Waals surface area contributed by atoms with E-state index in [1.54, 1.807) is 0 Å². The molecule has 0 radical (unpaired) electrons. The molecule has 0 saturated heterocycles. The number of hydrogen-bond acceptors (Lipinski definition) is 2. The topological polar surface area (TPSA) is 41.1 Å². The minimum Gasteiger partial charge on any atom is -0.384 e. The van der Waals surface area contributed by atoms with Crippen LogP contribution in [0.1, 0.15) is 51.0 Å². The molecule has 4 unspecified atom stereocenters. The number of carbonyl (C=O) groups excluding carboxylic acids is 1. The van der Waals surface area contributed by atoms with Crippen LogP contribution in [0.4, 0.5) is 5.69 Å². The summed E-state index contributed by atoms with van der Waals surface area (Å²) in [5.41, 5.74) is 2.48. The highest BCUT2D eigenvalue weighted by Crippen LogP contribution is 2.34. The number of carbonyl (C=O) groups is 1. The molecule has 3 nitrogen and oxygen atoms in total. The summed E-state index contributed by atoms with van der Waals surface area (Å²) in [5.74, 6) is 1.84.